The van der Waals surface area contributed by atoms with Crippen molar-refractivity contribution >= 4 is 21.8 Å². The van der Waals surface area contributed by atoms with Crippen LogP contribution in [0.4, 0.5) is 4.39 Å². The lowest BCUT2D eigenvalue weighted by Crippen LogP contribution is -2.47. The maximum absolute atomic E-state index is 13.1. The van der Waals surface area contributed by atoms with Crippen LogP contribution in [0.5, 0.6) is 0 Å². The minimum atomic E-state index is -3.81. The summed E-state index contributed by atoms with van der Waals surface area (Å²) < 4.78 is 39.8. The van der Waals surface area contributed by atoms with Crippen LogP contribution in [-0.2, 0) is 26.2 Å². The van der Waals surface area contributed by atoms with Crippen LogP contribution in [0.2, 0.25) is 0 Å². The first-order chi connectivity index (χ1) is 14.4. The highest BCUT2D eigenvalue weighted by atomic mass is 32.2. The van der Waals surface area contributed by atoms with Gasteiger partial charge in [-0.25, -0.2) is 12.8 Å². The minimum Gasteiger partial charge on any atom is -0.350 e. The molecule has 8 nitrogen and oxygen atoms in total. The van der Waals surface area contributed by atoms with Gasteiger partial charge in [-0.3, -0.25) is 14.6 Å². The summed E-state index contributed by atoms with van der Waals surface area (Å²) in [6.45, 7) is 0.411. The van der Waals surface area contributed by atoms with Crippen LogP contribution >= 0.6 is 0 Å². The fourth-order valence-corrected chi connectivity index (χ4v) is 4.73. The second-order valence-electron chi connectivity index (χ2n) is 7.01. The van der Waals surface area contributed by atoms with Crippen molar-refractivity contribution < 1.29 is 22.4 Å². The van der Waals surface area contributed by atoms with E-state index in [0.29, 0.717) is 19.4 Å². The molecule has 0 saturated carbocycles. The highest BCUT2D eigenvalue weighted by molar-refractivity contribution is 7.89. The van der Waals surface area contributed by atoms with Crippen molar-refractivity contribution in [3.05, 3.63) is 60.2 Å². The number of carbonyl (C=O) groups is 2. The molecule has 0 spiro atoms. The zero-order chi connectivity index (χ0) is 21.6. The lowest BCUT2D eigenvalue weighted by molar-refractivity contribution is -0.129. The third-order valence-electron chi connectivity index (χ3n) is 4.84. The van der Waals surface area contributed by atoms with E-state index in [4.69, 9.17) is 0 Å². The average molecular weight is 434 g/mol. The van der Waals surface area contributed by atoms with Crippen LogP contribution in [0.3, 0.4) is 0 Å². The monoisotopic (exact) mass is 434 g/mol. The Hall–Kier alpha value is -2.85. The lowest BCUT2D eigenvalue weighted by atomic mass is 9.99. The number of hydrogen-bond donors (Lipinski definition) is 2. The van der Waals surface area contributed by atoms with Gasteiger partial charge in [0.25, 0.3) is 0 Å². The van der Waals surface area contributed by atoms with Gasteiger partial charge in [-0.15, -0.1) is 0 Å². The fraction of sp³-hybridized carbons (Fsp3) is 0.350. The van der Waals surface area contributed by atoms with Gasteiger partial charge in [0.1, 0.15) is 5.82 Å². The number of halogens is 1. The number of nitrogens with one attached hydrogen (secondary N) is 2. The summed E-state index contributed by atoms with van der Waals surface area (Å²) in [5, 5.41) is 5.26. The molecule has 0 bridgehead atoms. The zero-order valence-electron chi connectivity index (χ0n) is 16.3. The predicted molar refractivity (Wildman–Crippen MR) is 107 cm³/mol. The molecule has 0 radical (unpaired) electrons. The van der Waals surface area contributed by atoms with Crippen molar-refractivity contribution in [2.75, 3.05) is 19.6 Å². The van der Waals surface area contributed by atoms with Crippen LogP contribution in [0.15, 0.2) is 53.7 Å². The third kappa shape index (κ3) is 5.61. The number of sulfonamides is 1. The van der Waals surface area contributed by atoms with Crippen LogP contribution < -0.4 is 10.6 Å². The van der Waals surface area contributed by atoms with Gasteiger partial charge < -0.3 is 10.6 Å². The standard InChI is InChI=1S/C20H23FN4O4S/c21-17-5-7-18(8-6-17)30(28,29)25-10-2-4-16(14-25)20(27)24-13-19(26)23-12-15-3-1-9-22-11-15/h1,3,5-9,11,16H,2,4,10,12-14H2,(H,23,26)(H,24,27)/t16-/m0/s1. The van der Waals surface area contributed by atoms with Crippen molar-refractivity contribution in [3.8, 4) is 0 Å². The van der Waals surface area contributed by atoms with Gasteiger partial charge in [-0.05, 0) is 48.7 Å². The smallest absolute Gasteiger partial charge is 0.243 e. The molecule has 10 heteroatoms. The van der Waals surface area contributed by atoms with Crippen molar-refractivity contribution in [1.29, 1.82) is 0 Å². The minimum absolute atomic E-state index is 0.0141. The van der Waals surface area contributed by atoms with E-state index >= 15 is 0 Å². The van der Waals surface area contributed by atoms with Gasteiger partial charge >= 0.3 is 0 Å². The Balaban J connectivity index is 1.51. The summed E-state index contributed by atoms with van der Waals surface area (Å²) >= 11 is 0. The van der Waals surface area contributed by atoms with Crippen molar-refractivity contribution in [1.82, 2.24) is 19.9 Å². The summed E-state index contributed by atoms with van der Waals surface area (Å²) in [5.74, 6) is -1.80. The topological polar surface area (TPSA) is 108 Å². The van der Waals surface area contributed by atoms with E-state index in [0.717, 1.165) is 17.7 Å². The number of amides is 2. The number of rotatable bonds is 7. The van der Waals surface area contributed by atoms with Crippen LogP contribution in [0.1, 0.15) is 18.4 Å². The van der Waals surface area contributed by atoms with E-state index in [-0.39, 0.29) is 36.3 Å². The van der Waals surface area contributed by atoms with Crippen molar-refractivity contribution in [3.63, 3.8) is 0 Å². The number of pyridine rings is 1. The normalized spacial score (nSPS) is 17.3. The molecule has 1 aromatic carbocycles. The Bertz CT molecular complexity index is 984. The summed E-state index contributed by atoms with van der Waals surface area (Å²) in [7, 11) is -3.81. The van der Waals surface area contributed by atoms with Gasteiger partial charge in [0, 0.05) is 32.0 Å². The van der Waals surface area contributed by atoms with Crippen LogP contribution in [0.25, 0.3) is 0 Å². The Morgan fingerprint density at radius 2 is 1.93 bits per heavy atom. The Morgan fingerprint density at radius 3 is 2.63 bits per heavy atom. The maximum Gasteiger partial charge on any atom is 0.243 e. The van der Waals surface area contributed by atoms with E-state index in [2.05, 4.69) is 15.6 Å². The average Bonchev–Trinajstić information content (AvgIpc) is 2.77. The van der Waals surface area contributed by atoms with Gasteiger partial charge in [0.15, 0.2) is 0 Å². The number of benzene rings is 1. The summed E-state index contributed by atoms with van der Waals surface area (Å²) in [6.07, 6.45) is 4.32. The molecule has 2 amide bonds. The number of carbonyl (C=O) groups excluding carboxylic acids is 2. The van der Waals surface area contributed by atoms with Crippen LogP contribution in [0, 0.1) is 11.7 Å². The zero-order valence-corrected chi connectivity index (χ0v) is 17.1. The molecule has 1 saturated heterocycles. The molecule has 2 aromatic rings. The molecule has 1 aliphatic heterocycles. The van der Waals surface area contributed by atoms with Crippen molar-refractivity contribution in [2.24, 2.45) is 5.92 Å². The molecular formula is C20H23FN4O4S. The molecule has 1 aliphatic rings. The summed E-state index contributed by atoms with van der Waals surface area (Å²) in [6, 6.07) is 8.18. The predicted octanol–water partition coefficient (Wildman–Crippen LogP) is 1.05. The molecule has 0 aliphatic carbocycles. The molecule has 3 rings (SSSR count). The molecule has 1 aromatic heterocycles. The highest BCUT2D eigenvalue weighted by Crippen LogP contribution is 2.24. The van der Waals surface area contributed by atoms with Crippen LogP contribution in [-0.4, -0.2) is 49.2 Å². The van der Waals surface area contributed by atoms with Gasteiger partial charge in [-0.1, -0.05) is 6.07 Å². The molecular weight excluding hydrogens is 411 g/mol. The van der Waals surface area contributed by atoms with E-state index < -0.39 is 21.8 Å². The SMILES string of the molecule is O=C(CNC(=O)[C@H]1CCCN(S(=O)(=O)c2ccc(F)cc2)C1)NCc1cccnc1. The fourth-order valence-electron chi connectivity index (χ4n) is 3.21. The largest absolute Gasteiger partial charge is 0.350 e. The summed E-state index contributed by atoms with van der Waals surface area (Å²) in [5.41, 5.74) is 0.839. The van der Waals surface area contributed by atoms with E-state index in [9.17, 15) is 22.4 Å². The first-order valence-corrected chi connectivity index (χ1v) is 11.0. The van der Waals surface area contributed by atoms with Gasteiger partial charge in [0.2, 0.25) is 21.8 Å². The molecule has 2 N–H and O–H groups in total. The second kappa shape index (κ2) is 9.77. The van der Waals surface area contributed by atoms with Gasteiger partial charge in [-0.2, -0.15) is 4.31 Å². The second-order valence-corrected chi connectivity index (χ2v) is 8.95. The van der Waals surface area contributed by atoms with E-state index in [1.54, 1.807) is 18.5 Å². The van der Waals surface area contributed by atoms with Crippen molar-refractivity contribution in [2.45, 2.75) is 24.3 Å². The highest BCUT2D eigenvalue weighted by Gasteiger charge is 2.33. The number of hydrogen-bond acceptors (Lipinski definition) is 5. The molecule has 1 atom stereocenters. The first kappa shape index (κ1) is 21.8. The van der Waals surface area contributed by atoms with E-state index in [1.165, 1.54) is 16.4 Å². The summed E-state index contributed by atoms with van der Waals surface area (Å²) in [4.78, 5) is 28.4. The third-order valence-corrected chi connectivity index (χ3v) is 6.72. The Labute approximate surface area is 174 Å². The number of aromatic nitrogens is 1. The Kier molecular flexibility index (Phi) is 7.11. The molecule has 2 heterocycles. The lowest BCUT2D eigenvalue weighted by Gasteiger charge is -2.31. The molecule has 160 valence electrons. The molecule has 1 fully saturated rings. The van der Waals surface area contributed by atoms with Gasteiger partial charge in [0.05, 0.1) is 17.4 Å². The molecule has 0 unspecified atom stereocenters. The quantitative estimate of drug-likeness (QED) is 0.677. The maximum atomic E-state index is 13.1. The first-order valence-electron chi connectivity index (χ1n) is 9.55. The molecule has 30 heavy (non-hydrogen) atoms. The number of piperidine rings is 1. The Morgan fingerprint density at radius 1 is 1.17 bits per heavy atom. The number of nitrogens with zero attached hydrogens (tertiary/aromatic N) is 2. The van der Waals surface area contributed by atoms with E-state index in [1.807, 2.05) is 6.07 Å².